The van der Waals surface area contributed by atoms with Crippen molar-refractivity contribution >= 4 is 74.7 Å². The second-order valence-corrected chi connectivity index (χ2v) is 13.6. The van der Waals surface area contributed by atoms with Crippen LogP contribution in [0.1, 0.15) is 36.9 Å². The van der Waals surface area contributed by atoms with Crippen molar-refractivity contribution in [1.29, 1.82) is 0 Å². The maximum absolute atomic E-state index is 6.57. The number of amidine groups is 2. The van der Waals surface area contributed by atoms with Gasteiger partial charge in [0.2, 0.25) is 0 Å². The molecule has 1 aliphatic rings. The van der Waals surface area contributed by atoms with Crippen molar-refractivity contribution in [2.24, 2.45) is 15.7 Å². The molecule has 8 rings (SSSR count). The highest BCUT2D eigenvalue weighted by Crippen LogP contribution is 2.46. The van der Waals surface area contributed by atoms with Crippen molar-refractivity contribution in [1.82, 2.24) is 0 Å². The standard InChI is InChI=1S/C40H31N3S2/c1-25(42-40(27-15-6-3-7-16-27)43-39(41)26-13-4-2-5-14-26)28-23-33(37-32-18-9-11-22-35(32)44-36(37)24-28)31-20-12-19-30-29-17-8-10-21-34(29)45-38(30)31/h2-4,6-13,15-25H,5,14H2,1H3,(H2,41,42,43). The van der Waals surface area contributed by atoms with Gasteiger partial charge in [-0.3, -0.25) is 4.99 Å². The summed E-state index contributed by atoms with van der Waals surface area (Å²) in [6.45, 7) is 2.16. The highest BCUT2D eigenvalue weighted by molar-refractivity contribution is 7.26. The summed E-state index contributed by atoms with van der Waals surface area (Å²) < 4.78 is 5.20. The third kappa shape index (κ3) is 5.08. The summed E-state index contributed by atoms with van der Waals surface area (Å²) in [6.07, 6.45) is 8.14. The lowest BCUT2D eigenvalue weighted by Crippen LogP contribution is -2.18. The van der Waals surface area contributed by atoms with Gasteiger partial charge in [0.25, 0.3) is 0 Å². The van der Waals surface area contributed by atoms with Crippen LogP contribution in [0.4, 0.5) is 0 Å². The fourth-order valence-electron chi connectivity index (χ4n) is 6.30. The molecule has 1 aliphatic carbocycles. The third-order valence-corrected chi connectivity index (χ3v) is 10.9. The average molecular weight is 618 g/mol. The second kappa shape index (κ2) is 11.6. The molecule has 0 saturated heterocycles. The molecule has 1 unspecified atom stereocenters. The number of rotatable bonds is 5. The Hall–Kier alpha value is -4.84. The van der Waals surface area contributed by atoms with E-state index in [2.05, 4.69) is 116 Å². The zero-order valence-electron chi connectivity index (χ0n) is 24.9. The fraction of sp³-hybridized carbons (Fsp3) is 0.100. The number of nitrogens with zero attached hydrogens (tertiary/aromatic N) is 2. The van der Waals surface area contributed by atoms with E-state index in [9.17, 15) is 0 Å². The SMILES string of the molecule is CC(N=C(N=C(N)C1=CC=CCC1)c1ccccc1)c1cc(-c2cccc3c2sc2ccccc23)c2c(c1)sc1ccccc12. The Labute approximate surface area is 270 Å². The summed E-state index contributed by atoms with van der Waals surface area (Å²) in [5.41, 5.74) is 12.3. The van der Waals surface area contributed by atoms with Crippen LogP contribution < -0.4 is 5.73 Å². The predicted octanol–water partition coefficient (Wildman–Crippen LogP) is 11.2. The van der Waals surface area contributed by atoms with Crippen LogP contribution in [0.3, 0.4) is 0 Å². The van der Waals surface area contributed by atoms with Crippen molar-refractivity contribution < 1.29 is 0 Å². The van der Waals surface area contributed by atoms with Gasteiger partial charge < -0.3 is 5.73 Å². The summed E-state index contributed by atoms with van der Waals surface area (Å²) in [6, 6.07) is 38.9. The minimum atomic E-state index is -0.146. The van der Waals surface area contributed by atoms with Crippen LogP contribution in [0.5, 0.6) is 0 Å². The molecule has 3 nitrogen and oxygen atoms in total. The monoisotopic (exact) mass is 617 g/mol. The Bertz CT molecular complexity index is 2350. The average Bonchev–Trinajstić information content (AvgIpc) is 3.67. The molecule has 0 aliphatic heterocycles. The summed E-state index contributed by atoms with van der Waals surface area (Å²) in [7, 11) is 0. The second-order valence-electron chi connectivity index (χ2n) is 11.5. The van der Waals surface area contributed by atoms with Crippen LogP contribution in [0.25, 0.3) is 51.5 Å². The first-order valence-electron chi connectivity index (χ1n) is 15.3. The minimum Gasteiger partial charge on any atom is -0.383 e. The summed E-state index contributed by atoms with van der Waals surface area (Å²) in [4.78, 5) is 10.2. The van der Waals surface area contributed by atoms with Gasteiger partial charge in [-0.15, -0.1) is 22.7 Å². The van der Waals surface area contributed by atoms with Gasteiger partial charge in [0.05, 0.1) is 6.04 Å². The van der Waals surface area contributed by atoms with E-state index < -0.39 is 0 Å². The molecule has 5 aromatic carbocycles. The Morgan fingerprint density at radius 1 is 0.733 bits per heavy atom. The van der Waals surface area contributed by atoms with Crippen LogP contribution >= 0.6 is 22.7 Å². The summed E-state index contributed by atoms with van der Waals surface area (Å²) >= 11 is 3.73. The van der Waals surface area contributed by atoms with Gasteiger partial charge in [-0.1, -0.05) is 103 Å². The molecular weight excluding hydrogens is 587 g/mol. The molecule has 0 radical (unpaired) electrons. The number of thiophene rings is 2. The Morgan fingerprint density at radius 3 is 2.27 bits per heavy atom. The molecular formula is C40H31N3S2. The first-order chi connectivity index (χ1) is 22.1. The number of hydrogen-bond donors (Lipinski definition) is 1. The number of aliphatic imine (C=N–C) groups is 2. The van der Waals surface area contributed by atoms with E-state index in [1.807, 2.05) is 40.9 Å². The Morgan fingerprint density at radius 2 is 1.47 bits per heavy atom. The van der Waals surface area contributed by atoms with Crippen molar-refractivity contribution in [3.05, 3.63) is 144 Å². The Kier molecular flexibility index (Phi) is 7.13. The number of fused-ring (bicyclic) bond motifs is 6. The van der Waals surface area contributed by atoms with Crippen molar-refractivity contribution in [3.63, 3.8) is 0 Å². The van der Waals surface area contributed by atoms with Gasteiger partial charge in [0.15, 0.2) is 5.84 Å². The molecule has 45 heavy (non-hydrogen) atoms. The van der Waals surface area contributed by atoms with Crippen LogP contribution in [-0.2, 0) is 0 Å². The molecule has 2 N–H and O–H groups in total. The van der Waals surface area contributed by atoms with Gasteiger partial charge in [-0.2, -0.15) is 0 Å². The van der Waals surface area contributed by atoms with E-state index in [-0.39, 0.29) is 6.04 Å². The van der Waals surface area contributed by atoms with Gasteiger partial charge in [-0.05, 0) is 60.7 Å². The molecule has 0 bridgehead atoms. The molecule has 2 aromatic heterocycles. The van der Waals surface area contributed by atoms with E-state index in [0.717, 1.165) is 29.5 Å². The first kappa shape index (κ1) is 27.7. The molecule has 2 heterocycles. The highest BCUT2D eigenvalue weighted by atomic mass is 32.1. The zero-order chi connectivity index (χ0) is 30.3. The van der Waals surface area contributed by atoms with E-state index in [4.69, 9.17) is 15.7 Å². The predicted molar refractivity (Wildman–Crippen MR) is 197 cm³/mol. The molecule has 0 spiro atoms. The van der Waals surface area contributed by atoms with Crippen LogP contribution in [-0.4, -0.2) is 11.7 Å². The number of benzene rings is 5. The largest absolute Gasteiger partial charge is 0.383 e. The first-order valence-corrected chi connectivity index (χ1v) is 17.0. The van der Waals surface area contributed by atoms with Crippen molar-refractivity contribution in [2.45, 2.75) is 25.8 Å². The fourth-order valence-corrected chi connectivity index (χ4v) is 8.71. The molecule has 5 heteroatoms. The number of hydrogen-bond acceptors (Lipinski definition) is 3. The van der Waals surface area contributed by atoms with E-state index >= 15 is 0 Å². The van der Waals surface area contributed by atoms with Gasteiger partial charge in [0, 0.05) is 51.5 Å². The van der Waals surface area contributed by atoms with Crippen molar-refractivity contribution in [2.75, 3.05) is 0 Å². The van der Waals surface area contributed by atoms with E-state index in [1.54, 1.807) is 0 Å². The van der Waals surface area contributed by atoms with Crippen LogP contribution in [0.2, 0.25) is 0 Å². The maximum atomic E-state index is 6.57. The highest BCUT2D eigenvalue weighted by Gasteiger charge is 2.19. The smallest absolute Gasteiger partial charge is 0.157 e. The van der Waals surface area contributed by atoms with Gasteiger partial charge in [0.1, 0.15) is 5.84 Å². The molecule has 7 aromatic rings. The lowest BCUT2D eigenvalue weighted by atomic mass is 9.94. The molecule has 218 valence electrons. The lowest BCUT2D eigenvalue weighted by molar-refractivity contribution is 0.820. The molecule has 0 amide bonds. The molecule has 0 saturated carbocycles. The molecule has 1 atom stereocenters. The van der Waals surface area contributed by atoms with Crippen LogP contribution in [0.15, 0.2) is 143 Å². The van der Waals surface area contributed by atoms with E-state index in [0.29, 0.717) is 11.7 Å². The lowest BCUT2D eigenvalue weighted by Gasteiger charge is -2.15. The normalized spacial score (nSPS) is 14.9. The summed E-state index contributed by atoms with van der Waals surface area (Å²) in [5.74, 6) is 1.19. The number of allylic oxidation sites excluding steroid dienone is 3. The minimum absolute atomic E-state index is 0.146. The van der Waals surface area contributed by atoms with Crippen molar-refractivity contribution in [3.8, 4) is 11.1 Å². The molecule has 0 fully saturated rings. The maximum Gasteiger partial charge on any atom is 0.157 e. The zero-order valence-corrected chi connectivity index (χ0v) is 26.5. The number of nitrogens with two attached hydrogens (primary N) is 1. The van der Waals surface area contributed by atoms with Crippen LogP contribution in [0, 0.1) is 0 Å². The van der Waals surface area contributed by atoms with E-state index in [1.165, 1.54) is 51.5 Å². The van der Waals surface area contributed by atoms with Gasteiger partial charge >= 0.3 is 0 Å². The topological polar surface area (TPSA) is 50.7 Å². The third-order valence-electron chi connectivity index (χ3n) is 8.59. The quantitative estimate of drug-likeness (QED) is 0.152. The summed E-state index contributed by atoms with van der Waals surface area (Å²) in [5, 5.41) is 5.22. The van der Waals surface area contributed by atoms with Gasteiger partial charge in [-0.25, -0.2) is 4.99 Å². The Balaban J connectivity index is 1.33.